The Kier molecular flexibility index (Phi) is 4.15. The summed E-state index contributed by atoms with van der Waals surface area (Å²) in [7, 11) is 0. The second-order valence-corrected chi connectivity index (χ2v) is 6.08. The van der Waals surface area contributed by atoms with Gasteiger partial charge >= 0.3 is 0 Å². The van der Waals surface area contributed by atoms with E-state index in [1.165, 1.54) is 12.1 Å². The maximum Gasteiger partial charge on any atom is 0.125 e. The van der Waals surface area contributed by atoms with Crippen LogP contribution in [0.25, 0.3) is 0 Å². The van der Waals surface area contributed by atoms with Gasteiger partial charge in [-0.05, 0) is 46.3 Å². The van der Waals surface area contributed by atoms with Gasteiger partial charge in [0.15, 0.2) is 0 Å². The van der Waals surface area contributed by atoms with Crippen LogP contribution in [-0.4, -0.2) is 6.54 Å². The van der Waals surface area contributed by atoms with Crippen LogP contribution in [0, 0.1) is 5.82 Å². The van der Waals surface area contributed by atoms with Gasteiger partial charge in [-0.3, -0.25) is 0 Å². The van der Waals surface area contributed by atoms with E-state index in [0.29, 0.717) is 6.54 Å². The lowest BCUT2D eigenvalue weighted by molar-refractivity contribution is 0.627. The first-order chi connectivity index (χ1) is 8.19. The first-order valence-corrected chi connectivity index (χ1v) is 6.77. The minimum absolute atomic E-state index is 0.00750. The molecule has 0 aliphatic carbocycles. The second-order valence-electron chi connectivity index (χ2n) is 3.58. The van der Waals surface area contributed by atoms with Crippen LogP contribution in [0.2, 0.25) is 0 Å². The monoisotopic (exact) mass is 314 g/mol. The van der Waals surface area contributed by atoms with Gasteiger partial charge in [0, 0.05) is 17.1 Å². The number of nitrogens with one attached hydrogen (secondary N) is 1. The normalized spacial score (nSPS) is 12.4. The van der Waals surface area contributed by atoms with Gasteiger partial charge in [-0.15, -0.1) is 11.3 Å². The van der Waals surface area contributed by atoms with Crippen molar-refractivity contribution in [2.45, 2.75) is 6.04 Å². The van der Waals surface area contributed by atoms with Gasteiger partial charge < -0.3 is 11.1 Å². The van der Waals surface area contributed by atoms with Crippen molar-refractivity contribution in [2.75, 3.05) is 11.9 Å². The highest BCUT2D eigenvalue weighted by Crippen LogP contribution is 2.29. The minimum Gasteiger partial charge on any atom is -0.376 e. The van der Waals surface area contributed by atoms with Crippen molar-refractivity contribution in [3.63, 3.8) is 0 Å². The summed E-state index contributed by atoms with van der Waals surface area (Å²) in [6.07, 6.45) is 0. The second kappa shape index (κ2) is 5.62. The molecule has 1 heterocycles. The minimum atomic E-state index is -0.252. The average molecular weight is 315 g/mol. The Hall–Kier alpha value is -0.910. The molecule has 0 saturated heterocycles. The van der Waals surface area contributed by atoms with Gasteiger partial charge in [0.2, 0.25) is 0 Å². The van der Waals surface area contributed by atoms with Crippen molar-refractivity contribution in [2.24, 2.45) is 5.73 Å². The Morgan fingerprint density at radius 1 is 1.35 bits per heavy atom. The molecule has 2 nitrogen and oxygen atoms in total. The molecule has 1 aromatic carbocycles. The summed E-state index contributed by atoms with van der Waals surface area (Å²) in [5.41, 5.74) is 6.48. The molecule has 0 radical (unpaired) electrons. The van der Waals surface area contributed by atoms with Gasteiger partial charge in [0.25, 0.3) is 0 Å². The highest BCUT2D eigenvalue weighted by Gasteiger charge is 2.11. The topological polar surface area (TPSA) is 38.0 Å². The first-order valence-electron chi connectivity index (χ1n) is 5.16. The lowest BCUT2D eigenvalue weighted by Crippen LogP contribution is -2.19. The molecule has 0 saturated carbocycles. The van der Waals surface area contributed by atoms with E-state index in [2.05, 4.69) is 21.2 Å². The van der Waals surface area contributed by atoms with Crippen LogP contribution in [0.15, 0.2) is 40.2 Å². The van der Waals surface area contributed by atoms with Crippen LogP contribution >= 0.6 is 27.3 Å². The molecule has 2 aromatic rings. The zero-order chi connectivity index (χ0) is 12.3. The lowest BCUT2D eigenvalue weighted by atomic mass is 10.2. The molecule has 17 heavy (non-hydrogen) atoms. The van der Waals surface area contributed by atoms with E-state index in [4.69, 9.17) is 5.73 Å². The molecule has 2 rings (SSSR count). The maximum absolute atomic E-state index is 13.1. The molecule has 5 heteroatoms. The van der Waals surface area contributed by atoms with Gasteiger partial charge in [-0.1, -0.05) is 6.07 Å². The van der Waals surface area contributed by atoms with E-state index in [9.17, 15) is 4.39 Å². The third kappa shape index (κ3) is 3.28. The number of rotatable bonds is 4. The quantitative estimate of drug-likeness (QED) is 0.901. The summed E-state index contributed by atoms with van der Waals surface area (Å²) in [4.78, 5) is 1.13. The lowest BCUT2D eigenvalue weighted by Gasteiger charge is -2.16. The van der Waals surface area contributed by atoms with Crippen LogP contribution in [0.3, 0.4) is 0 Å². The van der Waals surface area contributed by atoms with Crippen LogP contribution in [0.4, 0.5) is 10.1 Å². The molecule has 0 bridgehead atoms. The SMILES string of the molecule is NCC(Nc1cccc(F)c1)c1ccc(Br)s1. The summed E-state index contributed by atoms with van der Waals surface area (Å²) < 4.78 is 14.1. The molecular formula is C12H12BrFN2S. The number of benzene rings is 1. The summed E-state index contributed by atoms with van der Waals surface area (Å²) in [5.74, 6) is -0.252. The number of thiophene rings is 1. The van der Waals surface area contributed by atoms with E-state index < -0.39 is 0 Å². The summed E-state index contributed by atoms with van der Waals surface area (Å²) in [6.45, 7) is 0.462. The molecule has 3 N–H and O–H groups in total. The molecule has 0 aliphatic rings. The highest BCUT2D eigenvalue weighted by molar-refractivity contribution is 9.11. The zero-order valence-corrected chi connectivity index (χ0v) is 11.4. The molecule has 1 unspecified atom stereocenters. The predicted molar refractivity (Wildman–Crippen MR) is 73.8 cm³/mol. The van der Waals surface area contributed by atoms with E-state index in [1.54, 1.807) is 17.4 Å². The Labute approximate surface area is 112 Å². The molecule has 0 amide bonds. The van der Waals surface area contributed by atoms with Crippen molar-refractivity contribution >= 4 is 33.0 Å². The number of anilines is 1. The van der Waals surface area contributed by atoms with E-state index in [0.717, 1.165) is 14.4 Å². The Balaban J connectivity index is 2.15. The van der Waals surface area contributed by atoms with Gasteiger partial charge in [-0.25, -0.2) is 4.39 Å². The Morgan fingerprint density at radius 3 is 2.76 bits per heavy atom. The first kappa shape index (κ1) is 12.5. The summed E-state index contributed by atoms with van der Waals surface area (Å²) >= 11 is 5.04. The number of halogens is 2. The van der Waals surface area contributed by atoms with Crippen molar-refractivity contribution in [3.05, 3.63) is 50.9 Å². The van der Waals surface area contributed by atoms with Crippen LogP contribution < -0.4 is 11.1 Å². The zero-order valence-electron chi connectivity index (χ0n) is 8.99. The van der Waals surface area contributed by atoms with Gasteiger partial charge in [0.1, 0.15) is 5.82 Å². The molecular weight excluding hydrogens is 303 g/mol. The fourth-order valence-corrected chi connectivity index (χ4v) is 3.03. The highest BCUT2D eigenvalue weighted by atomic mass is 79.9. The van der Waals surface area contributed by atoms with Crippen LogP contribution in [0.5, 0.6) is 0 Å². The summed E-state index contributed by atoms with van der Waals surface area (Å²) in [5, 5.41) is 3.22. The predicted octanol–water partition coefficient (Wildman–Crippen LogP) is 3.76. The molecule has 0 aliphatic heterocycles. The fourth-order valence-electron chi connectivity index (χ4n) is 1.54. The van der Waals surface area contributed by atoms with Crippen molar-refractivity contribution in [1.29, 1.82) is 0 Å². The van der Waals surface area contributed by atoms with Gasteiger partial charge in [0.05, 0.1) is 9.83 Å². The molecule has 0 fully saturated rings. The fraction of sp³-hybridized carbons (Fsp3) is 0.167. The summed E-state index contributed by atoms with van der Waals surface area (Å²) in [6, 6.07) is 10.4. The molecule has 1 aromatic heterocycles. The van der Waals surface area contributed by atoms with E-state index in [-0.39, 0.29) is 11.9 Å². The number of hydrogen-bond acceptors (Lipinski definition) is 3. The third-order valence-corrected chi connectivity index (χ3v) is 4.08. The molecule has 1 atom stereocenters. The van der Waals surface area contributed by atoms with Crippen LogP contribution in [-0.2, 0) is 0 Å². The number of nitrogens with two attached hydrogens (primary N) is 1. The van der Waals surface area contributed by atoms with Crippen molar-refractivity contribution in [3.8, 4) is 0 Å². The molecule has 90 valence electrons. The van der Waals surface area contributed by atoms with Gasteiger partial charge in [-0.2, -0.15) is 0 Å². The van der Waals surface area contributed by atoms with Crippen molar-refractivity contribution < 1.29 is 4.39 Å². The Bertz CT molecular complexity index is 501. The molecule has 0 spiro atoms. The number of hydrogen-bond donors (Lipinski definition) is 2. The smallest absolute Gasteiger partial charge is 0.125 e. The largest absolute Gasteiger partial charge is 0.376 e. The van der Waals surface area contributed by atoms with Crippen LogP contribution in [0.1, 0.15) is 10.9 Å². The third-order valence-electron chi connectivity index (χ3n) is 2.34. The average Bonchev–Trinajstić information content (AvgIpc) is 2.73. The Morgan fingerprint density at radius 2 is 2.18 bits per heavy atom. The van der Waals surface area contributed by atoms with E-state index >= 15 is 0 Å². The standard InChI is InChI=1S/C12H12BrFN2S/c13-12-5-4-11(17-12)10(7-15)16-9-3-1-2-8(14)6-9/h1-6,10,16H,7,15H2. The van der Waals surface area contributed by atoms with Crippen molar-refractivity contribution in [1.82, 2.24) is 0 Å². The van der Waals surface area contributed by atoms with E-state index in [1.807, 2.05) is 18.2 Å². The maximum atomic E-state index is 13.1.